The summed E-state index contributed by atoms with van der Waals surface area (Å²) in [5.74, 6) is 0.387. The van der Waals surface area contributed by atoms with Crippen molar-refractivity contribution in [3.05, 3.63) is 65.7 Å². The minimum atomic E-state index is -0.457. The summed E-state index contributed by atoms with van der Waals surface area (Å²) in [7, 11) is 3.28. The summed E-state index contributed by atoms with van der Waals surface area (Å²) in [5, 5.41) is 8.68. The molecule has 5 nitrogen and oxygen atoms in total. The van der Waals surface area contributed by atoms with E-state index in [0.29, 0.717) is 17.1 Å². The fraction of sp³-hybridized carbons (Fsp3) is 0.190. The average molecular weight is 347 g/mol. The minimum absolute atomic E-state index is 0.387. The van der Waals surface area contributed by atoms with E-state index in [0.717, 1.165) is 22.3 Å². The van der Waals surface area contributed by atoms with E-state index < -0.39 is 6.09 Å². The Morgan fingerprint density at radius 3 is 1.92 bits per heavy atom. The van der Waals surface area contributed by atoms with E-state index in [-0.39, 0.29) is 0 Å². The molecule has 0 radical (unpaired) electrons. The van der Waals surface area contributed by atoms with Gasteiger partial charge in [-0.3, -0.25) is 0 Å². The number of hydrogen-bond donors (Lipinski definition) is 0. The van der Waals surface area contributed by atoms with Crippen LogP contribution in [0.25, 0.3) is 22.5 Å². The van der Waals surface area contributed by atoms with Crippen LogP contribution in [-0.2, 0) is 0 Å². The van der Waals surface area contributed by atoms with Crippen molar-refractivity contribution in [2.24, 2.45) is 0 Å². The van der Waals surface area contributed by atoms with Crippen LogP contribution < -0.4 is 4.74 Å². The molecule has 0 fully saturated rings. The van der Waals surface area contributed by atoms with Gasteiger partial charge in [-0.25, -0.2) is 4.79 Å². The Labute approximate surface area is 153 Å². The van der Waals surface area contributed by atoms with Crippen molar-refractivity contribution in [1.29, 1.82) is 0 Å². The van der Waals surface area contributed by atoms with Crippen LogP contribution in [0, 0.1) is 13.8 Å². The van der Waals surface area contributed by atoms with Gasteiger partial charge in [0.15, 0.2) is 5.75 Å². The quantitative estimate of drug-likeness (QED) is 0.700. The Bertz CT molecular complexity index is 917. The van der Waals surface area contributed by atoms with Crippen molar-refractivity contribution in [3.8, 4) is 28.3 Å². The van der Waals surface area contributed by atoms with Crippen LogP contribution in [0.4, 0.5) is 4.79 Å². The molecule has 0 saturated carbocycles. The van der Waals surface area contributed by atoms with Gasteiger partial charge in [0.1, 0.15) is 5.69 Å². The highest BCUT2D eigenvalue weighted by Gasteiger charge is 2.16. The molecule has 0 atom stereocenters. The highest BCUT2D eigenvalue weighted by atomic mass is 16.6. The standard InChI is InChI=1S/C21H21N3O2/c1-14-5-9-16(10-6-14)18-13-19(26-21(25)24(3)4)20(23-22-18)17-11-7-15(2)8-12-17/h5-13H,1-4H3. The fourth-order valence-electron chi connectivity index (χ4n) is 2.41. The van der Waals surface area contributed by atoms with E-state index in [4.69, 9.17) is 4.74 Å². The SMILES string of the molecule is Cc1ccc(-c2cc(OC(=O)N(C)C)c(-c3ccc(C)cc3)nn2)cc1. The number of ether oxygens (including phenoxy) is 1. The monoisotopic (exact) mass is 347 g/mol. The summed E-state index contributed by atoms with van der Waals surface area (Å²) < 4.78 is 5.56. The summed E-state index contributed by atoms with van der Waals surface area (Å²) in [6, 6.07) is 17.6. The first-order chi connectivity index (χ1) is 12.4. The third-order valence-electron chi connectivity index (χ3n) is 3.99. The number of hydrogen-bond acceptors (Lipinski definition) is 4. The fourth-order valence-corrected chi connectivity index (χ4v) is 2.41. The van der Waals surface area contributed by atoms with Crippen molar-refractivity contribution < 1.29 is 9.53 Å². The molecule has 0 aliphatic carbocycles. The second-order valence-corrected chi connectivity index (χ2v) is 6.44. The maximum atomic E-state index is 12.1. The van der Waals surface area contributed by atoms with Crippen LogP contribution in [0.15, 0.2) is 54.6 Å². The molecule has 3 aromatic rings. The van der Waals surface area contributed by atoms with Gasteiger partial charge >= 0.3 is 6.09 Å². The molecule has 0 unspecified atom stereocenters. The van der Waals surface area contributed by atoms with Gasteiger partial charge in [0.05, 0.1) is 5.69 Å². The van der Waals surface area contributed by atoms with Crippen LogP contribution in [-0.4, -0.2) is 35.3 Å². The Balaban J connectivity index is 2.07. The molecule has 3 rings (SSSR count). The first-order valence-electron chi connectivity index (χ1n) is 8.35. The van der Waals surface area contributed by atoms with Gasteiger partial charge < -0.3 is 9.64 Å². The second-order valence-electron chi connectivity index (χ2n) is 6.44. The van der Waals surface area contributed by atoms with E-state index in [1.165, 1.54) is 4.90 Å². The van der Waals surface area contributed by atoms with Crippen LogP contribution in [0.2, 0.25) is 0 Å². The molecule has 0 saturated heterocycles. The minimum Gasteiger partial charge on any atom is -0.408 e. The Morgan fingerprint density at radius 2 is 1.38 bits per heavy atom. The zero-order valence-electron chi connectivity index (χ0n) is 15.4. The topological polar surface area (TPSA) is 55.3 Å². The average Bonchev–Trinajstić information content (AvgIpc) is 2.63. The number of carbonyl (C=O) groups excluding carboxylic acids is 1. The van der Waals surface area contributed by atoms with Crippen molar-refractivity contribution in [2.45, 2.75) is 13.8 Å². The number of rotatable bonds is 3. The molecule has 0 bridgehead atoms. The molecule has 5 heteroatoms. The van der Waals surface area contributed by atoms with Gasteiger partial charge in [-0.1, -0.05) is 59.7 Å². The molecule has 2 aromatic carbocycles. The lowest BCUT2D eigenvalue weighted by Gasteiger charge is -2.14. The zero-order chi connectivity index (χ0) is 18.7. The van der Waals surface area contributed by atoms with Crippen molar-refractivity contribution in [3.63, 3.8) is 0 Å². The summed E-state index contributed by atoms with van der Waals surface area (Å²) in [5.41, 5.74) is 5.27. The van der Waals surface area contributed by atoms with Crippen molar-refractivity contribution >= 4 is 6.09 Å². The maximum absolute atomic E-state index is 12.1. The number of amides is 1. The van der Waals surface area contributed by atoms with Gasteiger partial charge in [0.2, 0.25) is 0 Å². The van der Waals surface area contributed by atoms with Crippen LogP contribution >= 0.6 is 0 Å². The van der Waals surface area contributed by atoms with Gasteiger partial charge in [-0.2, -0.15) is 0 Å². The van der Waals surface area contributed by atoms with E-state index >= 15 is 0 Å². The van der Waals surface area contributed by atoms with Crippen LogP contribution in [0.3, 0.4) is 0 Å². The smallest absolute Gasteiger partial charge is 0.408 e. The number of benzene rings is 2. The largest absolute Gasteiger partial charge is 0.414 e. The van der Waals surface area contributed by atoms with E-state index in [1.807, 2.05) is 62.4 Å². The summed E-state index contributed by atoms with van der Waals surface area (Å²) in [6.45, 7) is 4.04. The molecule has 0 aliphatic rings. The molecular formula is C21H21N3O2. The van der Waals surface area contributed by atoms with Crippen molar-refractivity contribution in [2.75, 3.05) is 14.1 Å². The molecule has 1 aromatic heterocycles. The lowest BCUT2D eigenvalue weighted by molar-refractivity contribution is 0.172. The van der Waals surface area contributed by atoms with E-state index in [9.17, 15) is 4.79 Å². The Morgan fingerprint density at radius 1 is 0.846 bits per heavy atom. The third-order valence-corrected chi connectivity index (χ3v) is 3.99. The summed E-state index contributed by atoms with van der Waals surface area (Å²) in [4.78, 5) is 13.5. The normalized spacial score (nSPS) is 10.5. The predicted octanol–water partition coefficient (Wildman–Crippen LogP) is 4.49. The van der Waals surface area contributed by atoms with Gasteiger partial charge in [-0.05, 0) is 13.8 Å². The highest BCUT2D eigenvalue weighted by molar-refractivity contribution is 5.76. The second kappa shape index (κ2) is 7.35. The maximum Gasteiger partial charge on any atom is 0.414 e. The Hall–Kier alpha value is -3.21. The summed E-state index contributed by atoms with van der Waals surface area (Å²) in [6.07, 6.45) is -0.457. The predicted molar refractivity (Wildman–Crippen MR) is 102 cm³/mol. The van der Waals surface area contributed by atoms with Gasteiger partial charge in [0.25, 0.3) is 0 Å². The number of nitrogens with zero attached hydrogens (tertiary/aromatic N) is 3. The lowest BCUT2D eigenvalue weighted by Crippen LogP contribution is -2.25. The van der Waals surface area contributed by atoms with Gasteiger partial charge in [-0.15, -0.1) is 10.2 Å². The lowest BCUT2D eigenvalue weighted by atomic mass is 10.1. The molecular weight excluding hydrogens is 326 g/mol. The van der Waals surface area contributed by atoms with Crippen LogP contribution in [0.1, 0.15) is 11.1 Å². The molecule has 0 spiro atoms. The molecule has 0 aliphatic heterocycles. The first-order valence-corrected chi connectivity index (χ1v) is 8.35. The van der Waals surface area contributed by atoms with Crippen molar-refractivity contribution in [1.82, 2.24) is 15.1 Å². The first kappa shape index (κ1) is 17.6. The molecule has 0 N–H and O–H groups in total. The zero-order valence-corrected chi connectivity index (χ0v) is 15.4. The summed E-state index contributed by atoms with van der Waals surface area (Å²) >= 11 is 0. The number of aromatic nitrogens is 2. The molecule has 1 amide bonds. The van der Waals surface area contributed by atoms with E-state index in [2.05, 4.69) is 10.2 Å². The highest BCUT2D eigenvalue weighted by Crippen LogP contribution is 2.31. The molecule has 1 heterocycles. The molecule has 132 valence electrons. The molecule has 26 heavy (non-hydrogen) atoms. The number of carbonyl (C=O) groups is 1. The third kappa shape index (κ3) is 3.88. The van der Waals surface area contributed by atoms with E-state index in [1.54, 1.807) is 20.2 Å². The van der Waals surface area contributed by atoms with Crippen LogP contribution in [0.5, 0.6) is 5.75 Å². The Kier molecular flexibility index (Phi) is 4.98. The number of aryl methyl sites for hydroxylation is 2. The van der Waals surface area contributed by atoms with Gasteiger partial charge in [0, 0.05) is 31.3 Å².